The lowest BCUT2D eigenvalue weighted by Crippen LogP contribution is -2.46. The van der Waals surface area contributed by atoms with E-state index in [-0.39, 0.29) is 19.0 Å². The van der Waals surface area contributed by atoms with Crippen LogP contribution in [0.4, 0.5) is 17.6 Å². The SMILES string of the molecule is O=C(c1ccccc1C(F)(F)F)N1CCSc2nnc(COc3ccc(F)cc3)n21. The van der Waals surface area contributed by atoms with E-state index >= 15 is 0 Å². The second kappa shape index (κ2) is 7.98. The molecule has 0 atom stereocenters. The molecule has 0 saturated carbocycles. The van der Waals surface area contributed by atoms with E-state index in [0.29, 0.717) is 16.7 Å². The van der Waals surface area contributed by atoms with Crippen LogP contribution in [0.15, 0.2) is 53.7 Å². The molecule has 11 heteroatoms. The van der Waals surface area contributed by atoms with Crippen molar-refractivity contribution < 1.29 is 27.1 Å². The molecule has 30 heavy (non-hydrogen) atoms. The molecule has 1 aliphatic rings. The van der Waals surface area contributed by atoms with Gasteiger partial charge in [-0.2, -0.15) is 13.2 Å². The number of thioether (sulfide) groups is 1. The third kappa shape index (κ3) is 3.97. The number of ether oxygens (including phenoxy) is 1. The van der Waals surface area contributed by atoms with Crippen molar-refractivity contribution in [2.45, 2.75) is 17.9 Å². The third-order valence-electron chi connectivity index (χ3n) is 4.33. The number of aromatic nitrogens is 3. The highest BCUT2D eigenvalue weighted by Crippen LogP contribution is 2.33. The maximum atomic E-state index is 13.4. The fraction of sp³-hybridized carbons (Fsp3) is 0.211. The van der Waals surface area contributed by atoms with E-state index in [1.807, 2.05) is 0 Å². The molecule has 3 aromatic rings. The number of hydrogen-bond donors (Lipinski definition) is 0. The summed E-state index contributed by atoms with van der Waals surface area (Å²) in [5, 5.41) is 9.56. The van der Waals surface area contributed by atoms with E-state index in [9.17, 15) is 22.4 Å². The van der Waals surface area contributed by atoms with Crippen LogP contribution < -0.4 is 9.75 Å². The van der Waals surface area contributed by atoms with Gasteiger partial charge in [-0.3, -0.25) is 4.79 Å². The molecule has 0 saturated heterocycles. The zero-order chi connectivity index (χ0) is 21.3. The zero-order valence-electron chi connectivity index (χ0n) is 15.3. The van der Waals surface area contributed by atoms with Gasteiger partial charge in [-0.05, 0) is 36.4 Å². The first-order valence-corrected chi connectivity index (χ1v) is 9.77. The molecule has 4 rings (SSSR count). The first-order chi connectivity index (χ1) is 14.3. The Morgan fingerprint density at radius 1 is 1.10 bits per heavy atom. The highest BCUT2D eigenvalue weighted by Gasteiger charge is 2.37. The molecular weight excluding hydrogens is 424 g/mol. The number of fused-ring (bicyclic) bond motifs is 1. The number of carbonyl (C=O) groups is 1. The van der Waals surface area contributed by atoms with E-state index in [2.05, 4.69) is 10.2 Å². The molecule has 2 aromatic carbocycles. The number of benzene rings is 2. The van der Waals surface area contributed by atoms with Crippen LogP contribution in [0, 0.1) is 5.82 Å². The van der Waals surface area contributed by atoms with Gasteiger partial charge in [0.2, 0.25) is 5.16 Å². The molecule has 156 valence electrons. The Balaban J connectivity index is 1.63. The predicted molar refractivity (Wildman–Crippen MR) is 100 cm³/mol. The van der Waals surface area contributed by atoms with E-state index in [4.69, 9.17) is 4.74 Å². The number of carbonyl (C=O) groups excluding carboxylic acids is 1. The Labute approximate surface area is 172 Å². The van der Waals surface area contributed by atoms with E-state index in [1.54, 1.807) is 0 Å². The fourth-order valence-electron chi connectivity index (χ4n) is 2.97. The number of alkyl halides is 3. The summed E-state index contributed by atoms with van der Waals surface area (Å²) >= 11 is 1.33. The minimum Gasteiger partial charge on any atom is -0.486 e. The minimum atomic E-state index is -4.67. The standard InChI is InChI=1S/C19H14F4N4O2S/c20-12-5-7-13(8-6-12)29-11-16-24-25-18-27(16)26(9-10-30-18)17(28)14-3-1-2-4-15(14)19(21,22)23/h1-8H,9-11H2. The third-order valence-corrected chi connectivity index (χ3v) is 5.23. The molecule has 0 bridgehead atoms. The van der Waals surface area contributed by atoms with Crippen molar-refractivity contribution in [1.82, 2.24) is 14.9 Å². The van der Waals surface area contributed by atoms with Gasteiger partial charge in [0.1, 0.15) is 18.2 Å². The molecular formula is C19H14F4N4O2S. The fourth-order valence-corrected chi connectivity index (χ4v) is 3.84. The molecule has 2 heterocycles. The van der Waals surface area contributed by atoms with Gasteiger partial charge in [-0.1, -0.05) is 23.9 Å². The van der Waals surface area contributed by atoms with Crippen LogP contribution in [0.25, 0.3) is 0 Å². The van der Waals surface area contributed by atoms with Crippen LogP contribution in [0.2, 0.25) is 0 Å². The summed E-state index contributed by atoms with van der Waals surface area (Å²) < 4.78 is 60.1. The molecule has 6 nitrogen and oxygen atoms in total. The van der Waals surface area contributed by atoms with Gasteiger partial charge in [0, 0.05) is 5.75 Å². The van der Waals surface area contributed by atoms with Crippen molar-refractivity contribution in [1.29, 1.82) is 0 Å². The van der Waals surface area contributed by atoms with E-state index in [0.717, 1.165) is 12.1 Å². The number of rotatable bonds is 4. The van der Waals surface area contributed by atoms with Gasteiger partial charge < -0.3 is 4.74 Å². The summed E-state index contributed by atoms with van der Waals surface area (Å²) in [5.74, 6) is -0.167. The molecule has 0 spiro atoms. The molecule has 0 aliphatic carbocycles. The quantitative estimate of drug-likeness (QED) is 0.579. The van der Waals surface area contributed by atoms with Crippen LogP contribution >= 0.6 is 11.8 Å². The van der Waals surface area contributed by atoms with E-state index in [1.165, 1.54) is 57.8 Å². The normalized spacial score (nSPS) is 13.8. The van der Waals surface area contributed by atoms with Crippen LogP contribution in [-0.4, -0.2) is 33.1 Å². The van der Waals surface area contributed by atoms with Gasteiger partial charge in [0.05, 0.1) is 17.7 Å². The van der Waals surface area contributed by atoms with Gasteiger partial charge >= 0.3 is 6.18 Å². The smallest absolute Gasteiger partial charge is 0.417 e. The Morgan fingerprint density at radius 2 is 1.83 bits per heavy atom. The van der Waals surface area contributed by atoms with E-state index < -0.39 is 29.0 Å². The molecule has 0 unspecified atom stereocenters. The van der Waals surface area contributed by atoms with Gasteiger partial charge in [-0.15, -0.1) is 10.2 Å². The summed E-state index contributed by atoms with van der Waals surface area (Å²) in [4.78, 5) is 13.0. The average molecular weight is 438 g/mol. The zero-order valence-corrected chi connectivity index (χ0v) is 16.1. The van der Waals surface area contributed by atoms with Crippen LogP contribution in [0.3, 0.4) is 0 Å². The van der Waals surface area contributed by atoms with Crippen LogP contribution in [0.5, 0.6) is 5.75 Å². The molecule has 1 amide bonds. The summed E-state index contributed by atoms with van der Waals surface area (Å²) in [6, 6.07) is 9.96. The number of nitrogens with zero attached hydrogens (tertiary/aromatic N) is 4. The highest BCUT2D eigenvalue weighted by molar-refractivity contribution is 7.99. The van der Waals surface area contributed by atoms with Crippen molar-refractivity contribution in [2.75, 3.05) is 17.3 Å². The molecule has 0 radical (unpaired) electrons. The number of halogens is 4. The largest absolute Gasteiger partial charge is 0.486 e. The summed E-state index contributed by atoms with van der Waals surface area (Å²) in [6.07, 6.45) is -4.67. The van der Waals surface area contributed by atoms with Crippen LogP contribution in [-0.2, 0) is 12.8 Å². The Morgan fingerprint density at radius 3 is 2.57 bits per heavy atom. The van der Waals surface area contributed by atoms with Crippen molar-refractivity contribution >= 4 is 17.7 Å². The van der Waals surface area contributed by atoms with Crippen molar-refractivity contribution in [2.24, 2.45) is 0 Å². The average Bonchev–Trinajstić information content (AvgIpc) is 3.15. The lowest BCUT2D eigenvalue weighted by Gasteiger charge is -2.29. The van der Waals surface area contributed by atoms with Crippen molar-refractivity contribution in [3.8, 4) is 5.75 Å². The van der Waals surface area contributed by atoms with Crippen molar-refractivity contribution in [3.63, 3.8) is 0 Å². The van der Waals surface area contributed by atoms with Crippen LogP contribution in [0.1, 0.15) is 21.7 Å². The Kier molecular flexibility index (Phi) is 5.37. The summed E-state index contributed by atoms with van der Waals surface area (Å²) in [7, 11) is 0. The molecule has 1 aliphatic heterocycles. The maximum absolute atomic E-state index is 13.4. The molecule has 0 N–H and O–H groups in total. The second-order valence-electron chi connectivity index (χ2n) is 6.27. The summed E-state index contributed by atoms with van der Waals surface area (Å²) in [5.41, 5.74) is -1.46. The van der Waals surface area contributed by atoms with Gasteiger partial charge in [0.25, 0.3) is 5.91 Å². The topological polar surface area (TPSA) is 60.3 Å². The predicted octanol–water partition coefficient (Wildman–Crippen LogP) is 3.90. The Bertz CT molecular complexity index is 1070. The maximum Gasteiger partial charge on any atom is 0.417 e. The van der Waals surface area contributed by atoms with Gasteiger partial charge in [-0.25, -0.2) is 14.1 Å². The van der Waals surface area contributed by atoms with Gasteiger partial charge in [0.15, 0.2) is 5.82 Å². The molecule has 0 fully saturated rings. The molecule has 1 aromatic heterocycles. The first kappa shape index (κ1) is 20.2. The number of hydrogen-bond acceptors (Lipinski definition) is 5. The monoisotopic (exact) mass is 438 g/mol. The lowest BCUT2D eigenvalue weighted by atomic mass is 10.1. The lowest BCUT2D eigenvalue weighted by molar-refractivity contribution is -0.137. The van der Waals surface area contributed by atoms with Crippen molar-refractivity contribution in [3.05, 3.63) is 71.3 Å². The first-order valence-electron chi connectivity index (χ1n) is 8.78. The minimum absolute atomic E-state index is 0.107. The second-order valence-corrected chi connectivity index (χ2v) is 7.34. The summed E-state index contributed by atoms with van der Waals surface area (Å²) in [6.45, 7) is 0.0637. The Hall–Kier alpha value is -3.08. The highest BCUT2D eigenvalue weighted by atomic mass is 32.2. The number of amides is 1.